The van der Waals surface area contributed by atoms with Crippen molar-refractivity contribution in [3.8, 4) is 6.07 Å². The molecule has 0 aliphatic heterocycles. The zero-order valence-electron chi connectivity index (χ0n) is 9.02. The molecule has 0 bridgehead atoms. The van der Waals surface area contributed by atoms with Crippen LogP contribution in [0.1, 0.15) is 32.0 Å². The van der Waals surface area contributed by atoms with Crippen LogP contribution in [0.15, 0.2) is 18.5 Å². The Kier molecular flexibility index (Phi) is 1.97. The SMILES string of the molecule is CC(C)(C)c1cn2nccc(C#N)c2n1. The Morgan fingerprint density at radius 2 is 2.13 bits per heavy atom. The molecule has 0 aliphatic rings. The van der Waals surface area contributed by atoms with Gasteiger partial charge >= 0.3 is 0 Å². The first-order chi connectivity index (χ1) is 7.02. The zero-order chi connectivity index (χ0) is 11.1. The Morgan fingerprint density at radius 3 is 2.73 bits per heavy atom. The molecule has 0 atom stereocenters. The molecule has 15 heavy (non-hydrogen) atoms. The number of hydrogen-bond acceptors (Lipinski definition) is 3. The summed E-state index contributed by atoms with van der Waals surface area (Å²) < 4.78 is 1.65. The molecule has 0 N–H and O–H groups in total. The van der Waals surface area contributed by atoms with Crippen LogP contribution < -0.4 is 0 Å². The highest BCUT2D eigenvalue weighted by Crippen LogP contribution is 2.21. The fourth-order valence-electron chi connectivity index (χ4n) is 1.35. The second kappa shape index (κ2) is 3.06. The van der Waals surface area contributed by atoms with E-state index in [1.165, 1.54) is 0 Å². The van der Waals surface area contributed by atoms with Crippen LogP contribution in [-0.4, -0.2) is 14.6 Å². The van der Waals surface area contributed by atoms with Crippen LogP contribution in [0.2, 0.25) is 0 Å². The van der Waals surface area contributed by atoms with Gasteiger partial charge in [0, 0.05) is 11.6 Å². The average molecular weight is 200 g/mol. The molecular formula is C11H12N4. The molecule has 4 heteroatoms. The lowest BCUT2D eigenvalue weighted by Crippen LogP contribution is -2.11. The molecule has 0 unspecified atom stereocenters. The van der Waals surface area contributed by atoms with Crippen LogP contribution in [0.5, 0.6) is 0 Å². The molecule has 0 radical (unpaired) electrons. The van der Waals surface area contributed by atoms with E-state index in [-0.39, 0.29) is 5.41 Å². The minimum Gasteiger partial charge on any atom is -0.230 e. The summed E-state index contributed by atoms with van der Waals surface area (Å²) in [5.41, 5.74) is 2.10. The summed E-state index contributed by atoms with van der Waals surface area (Å²) in [6.07, 6.45) is 3.48. The monoisotopic (exact) mass is 200 g/mol. The van der Waals surface area contributed by atoms with E-state index >= 15 is 0 Å². The summed E-state index contributed by atoms with van der Waals surface area (Å²) in [6, 6.07) is 3.79. The lowest BCUT2D eigenvalue weighted by molar-refractivity contribution is 0.572. The van der Waals surface area contributed by atoms with Crippen molar-refractivity contribution in [3.05, 3.63) is 29.7 Å². The standard InChI is InChI=1S/C11H12N4/c1-11(2,3)9-7-15-10(14-9)8(6-12)4-5-13-15/h4-5,7H,1-3H3. The summed E-state index contributed by atoms with van der Waals surface area (Å²) in [6.45, 7) is 6.25. The topological polar surface area (TPSA) is 54.0 Å². The predicted molar refractivity (Wildman–Crippen MR) is 56.4 cm³/mol. The van der Waals surface area contributed by atoms with Crippen LogP contribution in [0.3, 0.4) is 0 Å². The maximum absolute atomic E-state index is 8.92. The van der Waals surface area contributed by atoms with E-state index in [1.54, 1.807) is 16.8 Å². The van der Waals surface area contributed by atoms with E-state index in [1.807, 2.05) is 6.20 Å². The molecule has 4 nitrogen and oxygen atoms in total. The van der Waals surface area contributed by atoms with Gasteiger partial charge in [0.1, 0.15) is 6.07 Å². The number of imidazole rings is 1. The second-order valence-corrected chi connectivity index (χ2v) is 4.50. The maximum atomic E-state index is 8.92. The van der Waals surface area contributed by atoms with E-state index < -0.39 is 0 Å². The lowest BCUT2D eigenvalue weighted by atomic mass is 9.93. The molecule has 0 saturated carbocycles. The summed E-state index contributed by atoms with van der Waals surface area (Å²) >= 11 is 0. The van der Waals surface area contributed by atoms with Gasteiger partial charge in [0.15, 0.2) is 5.65 Å². The molecule has 0 aromatic carbocycles. The quantitative estimate of drug-likeness (QED) is 0.652. The van der Waals surface area contributed by atoms with Gasteiger partial charge in [-0.25, -0.2) is 9.50 Å². The molecule has 2 aromatic rings. The van der Waals surface area contributed by atoms with Crippen molar-refractivity contribution < 1.29 is 0 Å². The van der Waals surface area contributed by atoms with Crippen LogP contribution in [-0.2, 0) is 5.41 Å². The van der Waals surface area contributed by atoms with Gasteiger partial charge < -0.3 is 0 Å². The first-order valence-electron chi connectivity index (χ1n) is 4.77. The number of nitrogens with zero attached hydrogens (tertiary/aromatic N) is 4. The normalized spacial score (nSPS) is 11.6. The van der Waals surface area contributed by atoms with Gasteiger partial charge in [-0.3, -0.25) is 0 Å². The van der Waals surface area contributed by atoms with Gasteiger partial charge in [0.2, 0.25) is 0 Å². The van der Waals surface area contributed by atoms with E-state index in [0.29, 0.717) is 11.2 Å². The molecule has 0 saturated heterocycles. The minimum atomic E-state index is -0.0274. The summed E-state index contributed by atoms with van der Waals surface area (Å²) in [4.78, 5) is 4.43. The van der Waals surface area contributed by atoms with Crippen molar-refractivity contribution in [3.63, 3.8) is 0 Å². The van der Waals surface area contributed by atoms with Crippen LogP contribution in [0.4, 0.5) is 0 Å². The van der Waals surface area contributed by atoms with Crippen molar-refractivity contribution in [2.45, 2.75) is 26.2 Å². The molecular weight excluding hydrogens is 188 g/mol. The number of hydrogen-bond donors (Lipinski definition) is 0. The summed E-state index contributed by atoms with van der Waals surface area (Å²) in [7, 11) is 0. The van der Waals surface area contributed by atoms with Gasteiger partial charge in [0.05, 0.1) is 17.5 Å². The van der Waals surface area contributed by atoms with Crippen LogP contribution in [0.25, 0.3) is 5.65 Å². The Hall–Kier alpha value is -1.89. The third kappa shape index (κ3) is 1.57. The average Bonchev–Trinajstić information content (AvgIpc) is 2.59. The van der Waals surface area contributed by atoms with Crippen LogP contribution >= 0.6 is 0 Å². The van der Waals surface area contributed by atoms with E-state index in [0.717, 1.165) is 5.69 Å². The molecule has 76 valence electrons. The molecule has 2 aromatic heterocycles. The summed E-state index contributed by atoms with van der Waals surface area (Å²) in [5.74, 6) is 0. The van der Waals surface area contributed by atoms with E-state index in [2.05, 4.69) is 36.9 Å². The molecule has 0 aliphatic carbocycles. The Morgan fingerprint density at radius 1 is 1.40 bits per heavy atom. The van der Waals surface area contributed by atoms with Crippen molar-refractivity contribution in [2.24, 2.45) is 0 Å². The maximum Gasteiger partial charge on any atom is 0.171 e. The molecule has 2 heterocycles. The van der Waals surface area contributed by atoms with Gasteiger partial charge in [-0.2, -0.15) is 10.4 Å². The van der Waals surface area contributed by atoms with Crippen molar-refractivity contribution in [1.82, 2.24) is 14.6 Å². The first-order valence-corrected chi connectivity index (χ1v) is 4.77. The fraction of sp³-hybridized carbons (Fsp3) is 0.364. The van der Waals surface area contributed by atoms with Gasteiger partial charge in [-0.1, -0.05) is 20.8 Å². The molecule has 0 spiro atoms. The lowest BCUT2D eigenvalue weighted by Gasteiger charge is -2.13. The van der Waals surface area contributed by atoms with Crippen molar-refractivity contribution >= 4 is 5.65 Å². The zero-order valence-corrected chi connectivity index (χ0v) is 9.02. The van der Waals surface area contributed by atoms with Gasteiger partial charge in [-0.05, 0) is 6.07 Å². The second-order valence-electron chi connectivity index (χ2n) is 4.50. The molecule has 0 amide bonds. The van der Waals surface area contributed by atoms with Crippen LogP contribution in [0, 0.1) is 11.3 Å². The first kappa shape index (κ1) is 9.66. The predicted octanol–water partition coefficient (Wildman–Crippen LogP) is 1.90. The fourth-order valence-corrected chi connectivity index (χ4v) is 1.35. The Balaban J connectivity index is 2.72. The highest BCUT2D eigenvalue weighted by atomic mass is 15.2. The number of fused-ring (bicyclic) bond motifs is 1. The number of aromatic nitrogens is 3. The Labute approximate surface area is 88.2 Å². The molecule has 2 rings (SSSR count). The minimum absolute atomic E-state index is 0.0274. The third-order valence-electron chi connectivity index (χ3n) is 2.25. The highest BCUT2D eigenvalue weighted by Gasteiger charge is 2.18. The van der Waals surface area contributed by atoms with E-state index in [9.17, 15) is 0 Å². The number of nitriles is 1. The highest BCUT2D eigenvalue weighted by molar-refractivity contribution is 5.54. The number of rotatable bonds is 0. The summed E-state index contributed by atoms with van der Waals surface area (Å²) in [5, 5.41) is 13.0. The van der Waals surface area contributed by atoms with E-state index in [4.69, 9.17) is 5.26 Å². The van der Waals surface area contributed by atoms with Crippen molar-refractivity contribution in [2.75, 3.05) is 0 Å². The van der Waals surface area contributed by atoms with Crippen molar-refractivity contribution in [1.29, 1.82) is 5.26 Å². The third-order valence-corrected chi connectivity index (χ3v) is 2.25. The molecule has 0 fully saturated rings. The Bertz CT molecular complexity index is 540. The van der Waals surface area contributed by atoms with Gasteiger partial charge in [-0.15, -0.1) is 0 Å². The largest absolute Gasteiger partial charge is 0.230 e. The van der Waals surface area contributed by atoms with Gasteiger partial charge in [0.25, 0.3) is 0 Å². The smallest absolute Gasteiger partial charge is 0.171 e.